The largest absolute Gasteiger partial charge is 0.324 e. The summed E-state index contributed by atoms with van der Waals surface area (Å²) < 4.78 is 15.8. The number of rotatable bonds is 5. The molecule has 142 valence electrons. The van der Waals surface area contributed by atoms with Gasteiger partial charge in [0.2, 0.25) is 11.1 Å². The van der Waals surface area contributed by atoms with Gasteiger partial charge in [-0.05, 0) is 32.0 Å². The molecule has 4 aromatic rings. The lowest BCUT2D eigenvalue weighted by molar-refractivity contribution is -0.115. The Hall–Kier alpha value is -3.00. The summed E-state index contributed by atoms with van der Waals surface area (Å²) in [7, 11) is 0. The molecule has 1 atom stereocenters. The molecule has 28 heavy (non-hydrogen) atoms. The lowest BCUT2D eigenvalue weighted by Crippen LogP contribution is -2.23. The van der Waals surface area contributed by atoms with Gasteiger partial charge in [0.05, 0.1) is 16.5 Å². The highest BCUT2D eigenvalue weighted by atomic mass is 32.2. The highest BCUT2D eigenvalue weighted by Crippen LogP contribution is 2.28. The summed E-state index contributed by atoms with van der Waals surface area (Å²) in [5.74, 6) is -0.797. The molecule has 1 amide bonds. The smallest absolute Gasteiger partial charge is 0.237 e. The van der Waals surface area contributed by atoms with Crippen LogP contribution in [-0.4, -0.2) is 30.9 Å². The molecule has 1 N–H and O–H groups in total. The maximum absolute atomic E-state index is 13.7. The van der Waals surface area contributed by atoms with Crippen molar-refractivity contribution < 1.29 is 9.18 Å². The number of amides is 1. The molecule has 8 heteroatoms. The van der Waals surface area contributed by atoms with E-state index in [0.717, 1.165) is 28.6 Å². The number of nitrogens with zero attached hydrogens (tertiary/aromatic N) is 4. The monoisotopic (exact) mass is 395 g/mol. The van der Waals surface area contributed by atoms with E-state index >= 15 is 0 Å². The lowest BCUT2D eigenvalue weighted by Gasteiger charge is -2.11. The van der Waals surface area contributed by atoms with Gasteiger partial charge in [-0.15, -0.1) is 10.2 Å². The number of benzene rings is 2. The fraction of sp³-hybridized carbons (Fsp3) is 0.200. The van der Waals surface area contributed by atoms with Crippen LogP contribution in [0.15, 0.2) is 53.7 Å². The fourth-order valence-corrected chi connectivity index (χ4v) is 3.78. The minimum Gasteiger partial charge on any atom is -0.324 e. The van der Waals surface area contributed by atoms with Gasteiger partial charge >= 0.3 is 0 Å². The number of halogens is 1. The summed E-state index contributed by atoms with van der Waals surface area (Å²) in [6, 6.07) is 14.0. The molecule has 0 fully saturated rings. The Labute approximate surface area is 165 Å². The van der Waals surface area contributed by atoms with E-state index in [1.54, 1.807) is 19.1 Å². The normalized spacial score (nSPS) is 12.4. The van der Waals surface area contributed by atoms with Crippen molar-refractivity contribution in [2.24, 2.45) is 0 Å². The number of para-hydroxylation sites is 2. The van der Waals surface area contributed by atoms with E-state index in [1.807, 2.05) is 31.2 Å². The minimum absolute atomic E-state index is 0.153. The van der Waals surface area contributed by atoms with Crippen molar-refractivity contribution in [1.82, 2.24) is 19.7 Å². The lowest BCUT2D eigenvalue weighted by atomic mass is 10.2. The van der Waals surface area contributed by atoms with Crippen LogP contribution in [0.3, 0.4) is 0 Å². The molecule has 0 aliphatic carbocycles. The minimum atomic E-state index is -0.515. The molecule has 0 saturated carbocycles. The molecule has 0 aliphatic heterocycles. The van der Waals surface area contributed by atoms with E-state index in [0.29, 0.717) is 5.16 Å². The summed E-state index contributed by atoms with van der Waals surface area (Å²) in [4.78, 5) is 17.0. The van der Waals surface area contributed by atoms with Gasteiger partial charge in [0.1, 0.15) is 11.3 Å². The predicted molar refractivity (Wildman–Crippen MR) is 109 cm³/mol. The predicted octanol–water partition coefficient (Wildman–Crippen LogP) is 4.26. The number of aryl methyl sites for hydroxylation is 1. The van der Waals surface area contributed by atoms with Crippen molar-refractivity contribution >= 4 is 45.4 Å². The summed E-state index contributed by atoms with van der Waals surface area (Å²) in [5.41, 5.74) is 2.68. The number of carbonyl (C=O) groups is 1. The van der Waals surface area contributed by atoms with Gasteiger partial charge in [-0.3, -0.25) is 4.79 Å². The number of anilines is 1. The molecule has 2 aromatic carbocycles. The van der Waals surface area contributed by atoms with E-state index in [1.165, 1.54) is 23.9 Å². The molecule has 0 aliphatic rings. The van der Waals surface area contributed by atoms with Crippen LogP contribution in [0.1, 0.15) is 13.8 Å². The molecule has 0 saturated heterocycles. The Morgan fingerprint density at radius 3 is 2.71 bits per heavy atom. The van der Waals surface area contributed by atoms with Gasteiger partial charge in [0, 0.05) is 11.9 Å². The summed E-state index contributed by atoms with van der Waals surface area (Å²) >= 11 is 1.19. The number of nitrogens with one attached hydrogen (secondary N) is 1. The molecule has 2 aromatic heterocycles. The summed E-state index contributed by atoms with van der Waals surface area (Å²) in [6.45, 7) is 4.52. The van der Waals surface area contributed by atoms with Gasteiger partial charge in [-0.25, -0.2) is 9.37 Å². The van der Waals surface area contributed by atoms with Crippen molar-refractivity contribution in [1.29, 1.82) is 0 Å². The van der Waals surface area contributed by atoms with E-state index in [9.17, 15) is 9.18 Å². The molecule has 0 bridgehead atoms. The van der Waals surface area contributed by atoms with Crippen molar-refractivity contribution in [3.8, 4) is 0 Å². The molecular formula is C20H18FN5OS. The summed E-state index contributed by atoms with van der Waals surface area (Å²) in [6.07, 6.45) is 0. The van der Waals surface area contributed by atoms with E-state index in [2.05, 4.69) is 25.1 Å². The molecule has 0 spiro atoms. The third kappa shape index (κ3) is 3.31. The maximum Gasteiger partial charge on any atom is 0.237 e. The fourth-order valence-electron chi connectivity index (χ4n) is 3.07. The number of fused-ring (bicyclic) bond motifs is 3. The Bertz CT molecular complexity index is 1180. The highest BCUT2D eigenvalue weighted by molar-refractivity contribution is 8.00. The van der Waals surface area contributed by atoms with Gasteiger partial charge in [0.15, 0.2) is 5.65 Å². The zero-order valence-corrected chi connectivity index (χ0v) is 16.2. The topological polar surface area (TPSA) is 72.7 Å². The van der Waals surface area contributed by atoms with Crippen LogP contribution in [0.4, 0.5) is 10.1 Å². The van der Waals surface area contributed by atoms with Crippen LogP contribution in [0.5, 0.6) is 0 Å². The number of aromatic nitrogens is 4. The Kier molecular flexibility index (Phi) is 4.95. The SMILES string of the molecule is CCn1c2ccccc2c2nnc(S[C@H](C)C(=O)Nc3ccccc3F)nc21. The quantitative estimate of drug-likeness (QED) is 0.511. The zero-order chi connectivity index (χ0) is 19.7. The molecule has 4 rings (SSSR count). The van der Waals surface area contributed by atoms with Crippen molar-refractivity contribution in [3.05, 3.63) is 54.3 Å². The molecular weight excluding hydrogens is 377 g/mol. The first kappa shape index (κ1) is 18.4. The Morgan fingerprint density at radius 1 is 1.18 bits per heavy atom. The van der Waals surface area contributed by atoms with Crippen molar-refractivity contribution in [3.63, 3.8) is 0 Å². The first-order valence-electron chi connectivity index (χ1n) is 8.92. The average Bonchev–Trinajstić information content (AvgIpc) is 3.02. The standard InChI is InChI=1S/C20H18FN5OS/c1-3-26-16-11-7-4-8-13(16)17-18(26)23-20(25-24-17)28-12(2)19(27)22-15-10-6-5-9-14(15)21/h4-12H,3H2,1-2H3,(H,22,27)/t12-/m1/s1. The van der Waals surface area contributed by atoms with Gasteiger partial charge in [-0.1, -0.05) is 42.1 Å². The van der Waals surface area contributed by atoms with Crippen LogP contribution in [0.25, 0.3) is 22.1 Å². The highest BCUT2D eigenvalue weighted by Gasteiger charge is 2.19. The van der Waals surface area contributed by atoms with Gasteiger partial charge < -0.3 is 9.88 Å². The summed E-state index contributed by atoms with van der Waals surface area (Å²) in [5, 5.41) is 12.0. The van der Waals surface area contributed by atoms with Gasteiger partial charge in [-0.2, -0.15) is 0 Å². The average molecular weight is 395 g/mol. The number of hydrogen-bond acceptors (Lipinski definition) is 5. The maximum atomic E-state index is 13.7. The van der Waals surface area contributed by atoms with Crippen molar-refractivity contribution in [2.45, 2.75) is 30.8 Å². The van der Waals surface area contributed by atoms with Crippen molar-refractivity contribution in [2.75, 3.05) is 5.32 Å². The zero-order valence-electron chi connectivity index (χ0n) is 15.4. The third-order valence-corrected chi connectivity index (χ3v) is 5.41. The Balaban J connectivity index is 1.60. The van der Waals surface area contributed by atoms with Crippen LogP contribution in [0, 0.1) is 5.82 Å². The van der Waals surface area contributed by atoms with E-state index in [-0.39, 0.29) is 11.6 Å². The van der Waals surface area contributed by atoms with Gasteiger partial charge in [0.25, 0.3) is 0 Å². The number of carbonyl (C=O) groups excluding carboxylic acids is 1. The Morgan fingerprint density at radius 2 is 1.93 bits per heavy atom. The number of hydrogen-bond donors (Lipinski definition) is 1. The van der Waals surface area contributed by atoms with Crippen LogP contribution in [-0.2, 0) is 11.3 Å². The second-order valence-corrected chi connectivity index (χ2v) is 7.57. The van der Waals surface area contributed by atoms with Crippen LogP contribution < -0.4 is 5.32 Å². The van der Waals surface area contributed by atoms with Crippen LogP contribution in [0.2, 0.25) is 0 Å². The third-order valence-electron chi connectivity index (χ3n) is 4.45. The number of thioether (sulfide) groups is 1. The van der Waals surface area contributed by atoms with Crippen LogP contribution >= 0.6 is 11.8 Å². The second kappa shape index (κ2) is 7.55. The molecule has 0 radical (unpaired) electrons. The molecule has 6 nitrogen and oxygen atoms in total. The first-order chi connectivity index (χ1) is 13.6. The van der Waals surface area contributed by atoms with E-state index < -0.39 is 11.1 Å². The second-order valence-electron chi connectivity index (χ2n) is 6.26. The molecule has 0 unspecified atom stereocenters. The molecule has 2 heterocycles. The van der Waals surface area contributed by atoms with E-state index in [4.69, 9.17) is 0 Å². The first-order valence-corrected chi connectivity index (χ1v) is 9.80.